The number of allylic oxidation sites excluding steroid dienone is 2. The van der Waals surface area contributed by atoms with Crippen LogP contribution in [0.1, 0.15) is 31.0 Å². The van der Waals surface area contributed by atoms with Crippen molar-refractivity contribution in [2.24, 2.45) is 13.0 Å². The van der Waals surface area contributed by atoms with E-state index in [1.807, 2.05) is 30.8 Å². The molecule has 0 aliphatic heterocycles. The lowest BCUT2D eigenvalue weighted by Crippen LogP contribution is -2.05. The maximum absolute atomic E-state index is 7.91. The standard InChI is InChI=1S/C12H17N3/c1-3-4-11(13)10-8-14-15(2)12(10)7-9-5-6-9/h3-4,8-9,13H,5-7H2,1-2H3/b4-3+,13-11?. The van der Waals surface area contributed by atoms with Crippen molar-refractivity contribution in [2.45, 2.75) is 26.2 Å². The van der Waals surface area contributed by atoms with Crippen molar-refractivity contribution in [3.63, 3.8) is 0 Å². The largest absolute Gasteiger partial charge is 0.300 e. The van der Waals surface area contributed by atoms with Crippen LogP contribution in [0.5, 0.6) is 0 Å². The fraction of sp³-hybridized carbons (Fsp3) is 0.500. The highest BCUT2D eigenvalue weighted by Gasteiger charge is 2.25. The van der Waals surface area contributed by atoms with Crippen LogP contribution in [-0.2, 0) is 13.5 Å². The Kier molecular flexibility index (Phi) is 2.71. The first-order chi connectivity index (χ1) is 7.22. The summed E-state index contributed by atoms with van der Waals surface area (Å²) in [7, 11) is 1.96. The second-order valence-electron chi connectivity index (χ2n) is 4.19. The zero-order valence-electron chi connectivity index (χ0n) is 9.33. The summed E-state index contributed by atoms with van der Waals surface area (Å²) in [5.74, 6) is 0.831. The van der Waals surface area contributed by atoms with Gasteiger partial charge in [0.15, 0.2) is 0 Å². The molecule has 0 radical (unpaired) electrons. The van der Waals surface area contributed by atoms with Crippen molar-refractivity contribution in [1.82, 2.24) is 9.78 Å². The van der Waals surface area contributed by atoms with Crippen LogP contribution in [0.25, 0.3) is 0 Å². The predicted octanol–water partition coefficient (Wildman–Crippen LogP) is 2.32. The molecule has 0 amide bonds. The summed E-state index contributed by atoms with van der Waals surface area (Å²) in [4.78, 5) is 0. The molecule has 1 aliphatic rings. The van der Waals surface area contributed by atoms with Gasteiger partial charge in [-0.3, -0.25) is 4.68 Å². The van der Waals surface area contributed by atoms with Gasteiger partial charge in [0.2, 0.25) is 0 Å². The second kappa shape index (κ2) is 4.01. The van der Waals surface area contributed by atoms with Crippen molar-refractivity contribution < 1.29 is 0 Å². The first kappa shape index (κ1) is 10.1. The molecule has 15 heavy (non-hydrogen) atoms. The summed E-state index contributed by atoms with van der Waals surface area (Å²) in [5, 5.41) is 12.2. The number of nitrogens with one attached hydrogen (secondary N) is 1. The molecule has 1 heterocycles. The van der Waals surface area contributed by atoms with E-state index in [0.717, 1.165) is 17.9 Å². The molecule has 3 nitrogen and oxygen atoms in total. The molecule has 0 bridgehead atoms. The minimum Gasteiger partial charge on any atom is -0.300 e. The molecule has 3 heteroatoms. The third kappa shape index (κ3) is 2.17. The van der Waals surface area contributed by atoms with Crippen LogP contribution in [-0.4, -0.2) is 15.5 Å². The smallest absolute Gasteiger partial charge is 0.0643 e. The number of nitrogens with zero attached hydrogens (tertiary/aromatic N) is 2. The summed E-state index contributed by atoms with van der Waals surface area (Å²) in [6.07, 6.45) is 9.28. The van der Waals surface area contributed by atoms with Crippen LogP contribution in [0.15, 0.2) is 18.3 Å². The normalized spacial score (nSPS) is 16.1. The van der Waals surface area contributed by atoms with Gasteiger partial charge in [0, 0.05) is 18.3 Å². The van der Waals surface area contributed by atoms with Crippen LogP contribution < -0.4 is 0 Å². The molecule has 2 rings (SSSR count). The van der Waals surface area contributed by atoms with E-state index in [4.69, 9.17) is 5.41 Å². The van der Waals surface area contributed by atoms with Gasteiger partial charge in [-0.05, 0) is 38.2 Å². The van der Waals surface area contributed by atoms with Gasteiger partial charge in [0.1, 0.15) is 0 Å². The number of aromatic nitrogens is 2. The molecule has 1 aliphatic carbocycles. The van der Waals surface area contributed by atoms with Gasteiger partial charge >= 0.3 is 0 Å². The van der Waals surface area contributed by atoms with Gasteiger partial charge in [-0.25, -0.2) is 0 Å². The molecule has 0 atom stereocenters. The molecule has 1 aromatic rings. The molecule has 1 saturated carbocycles. The average Bonchev–Trinajstić information content (AvgIpc) is 2.93. The summed E-state index contributed by atoms with van der Waals surface area (Å²) in [6, 6.07) is 0. The van der Waals surface area contributed by atoms with Crippen molar-refractivity contribution >= 4 is 5.71 Å². The maximum atomic E-state index is 7.91. The highest BCUT2D eigenvalue weighted by molar-refractivity contribution is 6.07. The van der Waals surface area contributed by atoms with Crippen LogP contribution >= 0.6 is 0 Å². The van der Waals surface area contributed by atoms with Crippen molar-refractivity contribution in [3.8, 4) is 0 Å². The van der Waals surface area contributed by atoms with Crippen LogP contribution in [0, 0.1) is 11.3 Å². The Morgan fingerprint density at radius 3 is 3.00 bits per heavy atom. The lowest BCUT2D eigenvalue weighted by atomic mass is 10.1. The van der Waals surface area contributed by atoms with Crippen LogP contribution in [0.4, 0.5) is 0 Å². The first-order valence-electron chi connectivity index (χ1n) is 5.45. The minimum absolute atomic E-state index is 0.571. The number of aryl methyl sites for hydroxylation is 1. The van der Waals surface area contributed by atoms with Crippen LogP contribution in [0.2, 0.25) is 0 Å². The monoisotopic (exact) mass is 203 g/mol. The molecule has 0 spiro atoms. The van der Waals surface area contributed by atoms with Gasteiger partial charge in [0.25, 0.3) is 0 Å². The SMILES string of the molecule is C/C=C/C(=N)c1cnn(C)c1CC1CC1. The van der Waals surface area contributed by atoms with Crippen LogP contribution in [0.3, 0.4) is 0 Å². The van der Waals surface area contributed by atoms with Gasteiger partial charge in [-0.15, -0.1) is 0 Å². The number of hydrogen-bond acceptors (Lipinski definition) is 2. The first-order valence-corrected chi connectivity index (χ1v) is 5.45. The number of hydrogen-bond donors (Lipinski definition) is 1. The van der Waals surface area contributed by atoms with Gasteiger partial charge in [0.05, 0.1) is 11.9 Å². The Hall–Kier alpha value is -1.38. The third-order valence-corrected chi connectivity index (χ3v) is 2.86. The predicted molar refractivity (Wildman–Crippen MR) is 61.3 cm³/mol. The third-order valence-electron chi connectivity index (χ3n) is 2.86. The Morgan fingerprint density at radius 1 is 1.67 bits per heavy atom. The van der Waals surface area contributed by atoms with E-state index in [9.17, 15) is 0 Å². The summed E-state index contributed by atoms with van der Waals surface area (Å²) in [6.45, 7) is 1.94. The molecule has 0 aromatic carbocycles. The zero-order chi connectivity index (χ0) is 10.8. The molecule has 1 aromatic heterocycles. The van der Waals surface area contributed by atoms with E-state index in [0.29, 0.717) is 5.71 Å². The Labute approximate surface area is 90.3 Å². The second-order valence-corrected chi connectivity index (χ2v) is 4.19. The van der Waals surface area contributed by atoms with Gasteiger partial charge in [-0.1, -0.05) is 6.08 Å². The lowest BCUT2D eigenvalue weighted by Gasteiger charge is -2.04. The molecular formula is C12H17N3. The average molecular weight is 203 g/mol. The van der Waals surface area contributed by atoms with Crippen molar-refractivity contribution in [2.75, 3.05) is 0 Å². The fourth-order valence-corrected chi connectivity index (χ4v) is 1.78. The number of rotatable bonds is 4. The van der Waals surface area contributed by atoms with Gasteiger partial charge < -0.3 is 5.41 Å². The Morgan fingerprint density at radius 2 is 2.40 bits per heavy atom. The Bertz CT molecular complexity index is 397. The van der Waals surface area contributed by atoms with Gasteiger partial charge in [-0.2, -0.15) is 5.10 Å². The molecule has 1 N–H and O–H groups in total. The highest BCUT2D eigenvalue weighted by atomic mass is 15.3. The topological polar surface area (TPSA) is 41.7 Å². The van der Waals surface area contributed by atoms with E-state index in [1.165, 1.54) is 18.5 Å². The van der Waals surface area contributed by atoms with E-state index >= 15 is 0 Å². The van der Waals surface area contributed by atoms with E-state index in [2.05, 4.69) is 5.10 Å². The summed E-state index contributed by atoms with van der Waals surface area (Å²) >= 11 is 0. The van der Waals surface area contributed by atoms with E-state index < -0.39 is 0 Å². The summed E-state index contributed by atoms with van der Waals surface area (Å²) in [5.41, 5.74) is 2.77. The summed E-state index contributed by atoms with van der Waals surface area (Å²) < 4.78 is 1.91. The minimum atomic E-state index is 0.571. The molecule has 80 valence electrons. The maximum Gasteiger partial charge on any atom is 0.0643 e. The quantitative estimate of drug-likeness (QED) is 0.750. The van der Waals surface area contributed by atoms with Crippen molar-refractivity contribution in [3.05, 3.63) is 29.6 Å². The zero-order valence-corrected chi connectivity index (χ0v) is 9.33. The van der Waals surface area contributed by atoms with E-state index in [-0.39, 0.29) is 0 Å². The fourth-order valence-electron chi connectivity index (χ4n) is 1.78. The molecule has 1 fully saturated rings. The van der Waals surface area contributed by atoms with E-state index in [1.54, 1.807) is 6.20 Å². The molecule has 0 unspecified atom stereocenters. The highest BCUT2D eigenvalue weighted by Crippen LogP contribution is 2.33. The lowest BCUT2D eigenvalue weighted by molar-refractivity contribution is 0.676. The molecule has 0 saturated heterocycles. The molecular weight excluding hydrogens is 186 g/mol. The Balaban J connectivity index is 2.25. The van der Waals surface area contributed by atoms with Crippen molar-refractivity contribution in [1.29, 1.82) is 5.41 Å².